The Balaban J connectivity index is 0.000000252. The molecule has 0 aliphatic carbocycles. The van der Waals surface area contributed by atoms with Gasteiger partial charge in [-0.2, -0.15) is 0 Å². The standard InChI is InChI=1S/2C28H31ClN2O8.Ca/c2*1-28(2,15-32)14-31-20-9-8-16(29)10-19(20)25(18-6-5-7-21(36-3)26(18)37-4)39-22(27(31)35)12-23-30-13-17(38-23)11-24(33)34;/h2*5-10,13,22,25,32H,11-12,14-15H2,1-4H3,(H,33,34);/q;;+2/p-2/t2*22-,25-;/m11./s1. The first-order valence-corrected chi connectivity index (χ1v) is 25.3. The fourth-order valence-electron chi connectivity index (χ4n) is 9.06. The predicted molar refractivity (Wildman–Crippen MR) is 285 cm³/mol. The molecule has 2 amide bonds. The Morgan fingerprint density at radius 1 is 0.608 bits per heavy atom. The maximum Gasteiger partial charge on any atom is 2.00 e. The van der Waals surface area contributed by atoms with Crippen LogP contribution in [-0.2, 0) is 54.3 Å². The number of carboxylic acid groups (broad SMARTS) is 2. The fourth-order valence-corrected chi connectivity index (χ4v) is 9.42. The van der Waals surface area contributed by atoms with Gasteiger partial charge in [0.15, 0.2) is 34.8 Å². The van der Waals surface area contributed by atoms with Gasteiger partial charge in [0.1, 0.15) is 35.9 Å². The average molecular weight is 1160 g/mol. The molecule has 0 bridgehead atoms. The summed E-state index contributed by atoms with van der Waals surface area (Å²) in [6, 6.07) is 21.1. The number of para-hydroxylation sites is 2. The smallest absolute Gasteiger partial charge is 0.550 e. The largest absolute Gasteiger partial charge is 2.00 e. The van der Waals surface area contributed by atoms with Gasteiger partial charge in [0, 0.05) is 106 Å². The molecule has 4 aromatic carbocycles. The number of anilines is 2. The molecule has 6 aromatic rings. The molecule has 8 rings (SSSR count). The van der Waals surface area contributed by atoms with E-state index in [0.29, 0.717) is 66.7 Å². The molecule has 20 nitrogen and oxygen atoms in total. The number of hydrogen-bond donors (Lipinski definition) is 2. The molecule has 79 heavy (non-hydrogen) atoms. The van der Waals surface area contributed by atoms with Crippen LogP contribution in [0.2, 0.25) is 10.0 Å². The monoisotopic (exact) mass is 1150 g/mol. The number of hydrogen-bond acceptors (Lipinski definition) is 18. The minimum absolute atomic E-state index is 0. The number of benzene rings is 4. The maximum absolute atomic E-state index is 14.1. The molecule has 2 aliphatic rings. The van der Waals surface area contributed by atoms with Crippen molar-refractivity contribution in [1.82, 2.24) is 9.97 Å². The molecule has 4 atom stereocenters. The van der Waals surface area contributed by atoms with Crippen LogP contribution in [0.1, 0.15) is 85.5 Å². The molecule has 2 aliphatic heterocycles. The Hall–Kier alpha value is -5.94. The third-order valence-electron chi connectivity index (χ3n) is 12.8. The van der Waals surface area contributed by atoms with Crippen LogP contribution in [-0.4, -0.2) is 149 Å². The number of amides is 2. The molecule has 4 heterocycles. The topological polar surface area (TPSA) is 269 Å². The summed E-state index contributed by atoms with van der Waals surface area (Å²) in [5.41, 5.74) is 2.27. The number of aliphatic carboxylic acids is 2. The second-order valence-electron chi connectivity index (χ2n) is 20.0. The van der Waals surface area contributed by atoms with Crippen molar-refractivity contribution in [2.45, 2.75) is 77.8 Å². The van der Waals surface area contributed by atoms with E-state index in [1.165, 1.54) is 40.8 Å². The molecule has 0 radical (unpaired) electrons. The third kappa shape index (κ3) is 14.9. The molecule has 0 fully saturated rings. The summed E-state index contributed by atoms with van der Waals surface area (Å²) in [4.78, 5) is 61.6. The third-order valence-corrected chi connectivity index (χ3v) is 13.3. The number of ether oxygens (including phenoxy) is 6. The van der Waals surface area contributed by atoms with Crippen molar-refractivity contribution in [3.05, 3.63) is 141 Å². The average Bonchev–Trinajstić information content (AvgIpc) is 4.02. The van der Waals surface area contributed by atoms with E-state index in [1.54, 1.807) is 70.5 Å². The zero-order chi connectivity index (χ0) is 56.6. The summed E-state index contributed by atoms with van der Waals surface area (Å²) in [7, 11) is 6.08. The SMILES string of the molecule is COc1cccc([C@H]2O[C@H](Cc3ncc(CC(=O)[O-])o3)C(=O)N(CC(C)(C)CO)c3ccc(Cl)cc32)c1OC.COc1cccc([C@H]2O[C@H](Cc3ncc(CC(=O)[O-])o3)C(=O)N(CC(C)(C)CO)c3ccc(Cl)cc32)c1OC.[Ca+2]. The summed E-state index contributed by atoms with van der Waals surface area (Å²) in [6.45, 7) is 7.42. The van der Waals surface area contributed by atoms with E-state index in [-0.39, 0.29) is 112 Å². The van der Waals surface area contributed by atoms with E-state index in [4.69, 9.17) is 60.5 Å². The van der Waals surface area contributed by atoms with Gasteiger partial charge in [-0.05, 0) is 48.5 Å². The van der Waals surface area contributed by atoms with Crippen LogP contribution >= 0.6 is 23.2 Å². The number of oxazole rings is 2. The molecule has 0 saturated heterocycles. The first-order chi connectivity index (χ1) is 37.1. The maximum atomic E-state index is 14.1. The van der Waals surface area contributed by atoms with Gasteiger partial charge in [-0.25, -0.2) is 9.97 Å². The number of halogens is 2. The van der Waals surface area contributed by atoms with Crippen LogP contribution in [0.25, 0.3) is 0 Å². The predicted octanol–water partition coefficient (Wildman–Crippen LogP) is 5.06. The van der Waals surface area contributed by atoms with E-state index in [9.17, 15) is 39.6 Å². The molecule has 0 spiro atoms. The van der Waals surface area contributed by atoms with Crippen LogP contribution in [0.4, 0.5) is 11.4 Å². The Morgan fingerprint density at radius 3 is 1.32 bits per heavy atom. The molecule has 23 heteroatoms. The summed E-state index contributed by atoms with van der Waals surface area (Å²) < 4.78 is 46.6. The zero-order valence-electron chi connectivity index (χ0n) is 44.9. The number of aromatic nitrogens is 2. The van der Waals surface area contributed by atoms with E-state index in [1.807, 2.05) is 39.8 Å². The molecule has 0 saturated carbocycles. The van der Waals surface area contributed by atoms with Gasteiger partial charge >= 0.3 is 37.7 Å². The number of carbonyl (C=O) groups excluding carboxylic acids is 4. The van der Waals surface area contributed by atoms with Crippen LogP contribution in [0.5, 0.6) is 23.0 Å². The molecule has 0 unspecified atom stereocenters. The number of fused-ring (bicyclic) bond motifs is 2. The van der Waals surface area contributed by atoms with Crippen LogP contribution in [0.15, 0.2) is 94.0 Å². The summed E-state index contributed by atoms with van der Waals surface area (Å²) >= 11 is 12.9. The molecule has 2 N–H and O–H groups in total. The van der Waals surface area contributed by atoms with Gasteiger partial charge in [-0.3, -0.25) is 9.59 Å². The fraction of sp³-hybridized carbons (Fsp3) is 0.393. The van der Waals surface area contributed by atoms with E-state index < -0.39 is 60.0 Å². The van der Waals surface area contributed by atoms with Crippen molar-refractivity contribution >= 4 is 96.1 Å². The summed E-state index contributed by atoms with van der Waals surface area (Å²) in [5.74, 6) is -1.11. The Bertz CT molecular complexity index is 2920. The van der Waals surface area contributed by atoms with Gasteiger partial charge in [-0.1, -0.05) is 75.2 Å². The van der Waals surface area contributed by atoms with Gasteiger partial charge in [0.2, 0.25) is 0 Å². The number of rotatable bonds is 20. The Morgan fingerprint density at radius 2 is 0.987 bits per heavy atom. The Kier molecular flexibility index (Phi) is 21.3. The normalized spacial score (nSPS) is 17.3. The summed E-state index contributed by atoms with van der Waals surface area (Å²) in [5, 5.41) is 42.9. The molecular weight excluding hydrogens is 1100 g/mol. The minimum atomic E-state index is -1.31. The van der Waals surface area contributed by atoms with E-state index in [2.05, 4.69) is 9.97 Å². The minimum Gasteiger partial charge on any atom is -0.550 e. The van der Waals surface area contributed by atoms with E-state index in [0.717, 1.165) is 0 Å². The zero-order valence-corrected chi connectivity index (χ0v) is 48.6. The number of aliphatic hydroxyl groups excluding tert-OH is 2. The summed E-state index contributed by atoms with van der Waals surface area (Å²) in [6.07, 6.45) is -2.31. The number of nitrogens with zero attached hydrogens (tertiary/aromatic N) is 4. The van der Waals surface area contributed by atoms with Crippen molar-refractivity contribution in [2.24, 2.45) is 10.8 Å². The number of aliphatic hydroxyl groups is 2. The Labute approximate surface area is 496 Å². The van der Waals surface area contributed by atoms with Gasteiger partial charge in [0.25, 0.3) is 11.8 Å². The van der Waals surface area contributed by atoms with Crippen molar-refractivity contribution < 1.29 is 76.9 Å². The van der Waals surface area contributed by atoms with E-state index >= 15 is 0 Å². The van der Waals surface area contributed by atoms with Crippen LogP contribution in [0.3, 0.4) is 0 Å². The number of carboxylic acids is 2. The van der Waals surface area contributed by atoms with Gasteiger partial charge in [-0.15, -0.1) is 0 Å². The van der Waals surface area contributed by atoms with Crippen molar-refractivity contribution in [3.63, 3.8) is 0 Å². The molecular formula is C56H60CaCl2N4O16. The van der Waals surface area contributed by atoms with Crippen LogP contribution in [0, 0.1) is 10.8 Å². The number of methoxy groups -OCH3 is 4. The molecule has 2 aromatic heterocycles. The quantitative estimate of drug-likeness (QED) is 0.0946. The van der Waals surface area contributed by atoms with Crippen molar-refractivity contribution in [1.29, 1.82) is 0 Å². The van der Waals surface area contributed by atoms with Gasteiger partial charge in [0.05, 0.1) is 53.7 Å². The first kappa shape index (κ1) is 62.3. The van der Waals surface area contributed by atoms with Crippen molar-refractivity contribution in [3.8, 4) is 23.0 Å². The van der Waals surface area contributed by atoms with Crippen molar-refractivity contribution in [2.75, 3.05) is 64.5 Å². The van der Waals surface area contributed by atoms with Crippen LogP contribution < -0.4 is 39.0 Å². The second kappa shape index (κ2) is 27.0. The van der Waals surface area contributed by atoms with Gasteiger partial charge < -0.3 is 77.1 Å². The first-order valence-electron chi connectivity index (χ1n) is 24.6. The molecule has 416 valence electrons. The second-order valence-corrected chi connectivity index (χ2v) is 20.9. The number of carbonyl (C=O) groups is 4.